The van der Waals surface area contributed by atoms with E-state index in [0.29, 0.717) is 29.0 Å². The molecule has 1 aromatic rings. The van der Waals surface area contributed by atoms with Gasteiger partial charge in [-0.15, -0.1) is 0 Å². The largest absolute Gasteiger partial charge is 0.342 e. The van der Waals surface area contributed by atoms with E-state index in [1.807, 2.05) is 0 Å². The highest BCUT2D eigenvalue weighted by atomic mass is 35.5. The molecule has 3 nitrogen and oxygen atoms in total. The molecule has 2 fully saturated rings. The van der Waals surface area contributed by atoms with Crippen LogP contribution in [0.4, 0.5) is 4.39 Å². The Kier molecular flexibility index (Phi) is 5.77. The van der Waals surface area contributed by atoms with Crippen LogP contribution in [0.3, 0.4) is 0 Å². The lowest BCUT2D eigenvalue weighted by molar-refractivity contribution is -0.138. The van der Waals surface area contributed by atoms with Gasteiger partial charge in [-0.3, -0.25) is 9.69 Å². The number of hydrogen-bond donors (Lipinski definition) is 0. The van der Waals surface area contributed by atoms with Gasteiger partial charge in [0.15, 0.2) is 0 Å². The smallest absolute Gasteiger partial charge is 0.225 e. The number of rotatable bonds is 3. The van der Waals surface area contributed by atoms with Gasteiger partial charge in [-0.05, 0) is 56.8 Å². The summed E-state index contributed by atoms with van der Waals surface area (Å²) in [4.78, 5) is 17.0. The second kappa shape index (κ2) is 7.83. The first kappa shape index (κ1) is 17.7. The van der Waals surface area contributed by atoms with Crippen LogP contribution in [-0.2, 0) is 11.3 Å². The first-order valence-corrected chi connectivity index (χ1v) is 9.36. The van der Waals surface area contributed by atoms with Crippen LogP contribution in [0.15, 0.2) is 18.2 Å². The number of carbonyl (C=O) groups excluding carboxylic acids is 1. The van der Waals surface area contributed by atoms with Crippen molar-refractivity contribution in [3.05, 3.63) is 34.6 Å². The summed E-state index contributed by atoms with van der Waals surface area (Å²) in [6, 6.07) is 4.85. The highest BCUT2D eigenvalue weighted by Gasteiger charge is 2.30. The Morgan fingerprint density at radius 2 is 2.00 bits per heavy atom. The molecule has 2 saturated heterocycles. The van der Waals surface area contributed by atoms with Gasteiger partial charge in [0.2, 0.25) is 5.91 Å². The molecule has 24 heavy (non-hydrogen) atoms. The third-order valence-electron chi connectivity index (χ3n) is 5.31. The second-order valence-corrected chi connectivity index (χ2v) is 7.75. The normalized spacial score (nSPS) is 23.5. The average molecular weight is 353 g/mol. The molecule has 2 aliphatic rings. The summed E-state index contributed by atoms with van der Waals surface area (Å²) in [6.07, 6.45) is 4.11. The Bertz CT molecular complexity index is 587. The number of amides is 1. The zero-order chi connectivity index (χ0) is 17.1. The van der Waals surface area contributed by atoms with Crippen molar-refractivity contribution in [3.8, 4) is 0 Å². The molecular weight excluding hydrogens is 327 g/mol. The highest BCUT2D eigenvalue weighted by Crippen LogP contribution is 2.25. The van der Waals surface area contributed by atoms with Gasteiger partial charge >= 0.3 is 0 Å². The predicted molar refractivity (Wildman–Crippen MR) is 94.4 cm³/mol. The molecule has 1 unspecified atom stereocenters. The summed E-state index contributed by atoms with van der Waals surface area (Å²) in [5, 5.41) is 0.427. The topological polar surface area (TPSA) is 23.6 Å². The molecule has 0 aromatic heterocycles. The molecule has 0 radical (unpaired) electrons. The summed E-state index contributed by atoms with van der Waals surface area (Å²) in [5.41, 5.74) is 0.675. The Hall–Kier alpha value is -1.13. The number of piperidine rings is 2. The molecule has 0 saturated carbocycles. The van der Waals surface area contributed by atoms with Crippen LogP contribution in [0, 0.1) is 17.7 Å². The Morgan fingerprint density at radius 1 is 1.25 bits per heavy atom. The molecular formula is C19H26ClFN2O. The number of benzene rings is 1. The van der Waals surface area contributed by atoms with E-state index in [0.717, 1.165) is 45.4 Å². The lowest BCUT2D eigenvalue weighted by Gasteiger charge is -2.37. The van der Waals surface area contributed by atoms with Crippen LogP contribution in [-0.4, -0.2) is 41.9 Å². The van der Waals surface area contributed by atoms with Gasteiger partial charge in [-0.1, -0.05) is 24.6 Å². The molecule has 0 aliphatic carbocycles. The van der Waals surface area contributed by atoms with Crippen LogP contribution in [0.5, 0.6) is 0 Å². The molecule has 2 aliphatic heterocycles. The van der Waals surface area contributed by atoms with Gasteiger partial charge in [0.25, 0.3) is 0 Å². The zero-order valence-electron chi connectivity index (χ0n) is 14.3. The van der Waals surface area contributed by atoms with Crippen LogP contribution in [0.2, 0.25) is 5.02 Å². The number of nitrogens with zero attached hydrogens (tertiary/aromatic N) is 2. The van der Waals surface area contributed by atoms with Gasteiger partial charge in [-0.2, -0.15) is 0 Å². The second-order valence-electron chi connectivity index (χ2n) is 7.32. The predicted octanol–water partition coefficient (Wildman–Crippen LogP) is 3.95. The van der Waals surface area contributed by atoms with Crippen molar-refractivity contribution in [3.63, 3.8) is 0 Å². The van der Waals surface area contributed by atoms with E-state index >= 15 is 0 Å². The van der Waals surface area contributed by atoms with Gasteiger partial charge in [0, 0.05) is 36.1 Å². The summed E-state index contributed by atoms with van der Waals surface area (Å²) in [5.74, 6) is 0.846. The van der Waals surface area contributed by atoms with E-state index in [-0.39, 0.29) is 11.7 Å². The van der Waals surface area contributed by atoms with Crippen molar-refractivity contribution in [2.75, 3.05) is 26.2 Å². The third-order valence-corrected chi connectivity index (χ3v) is 5.55. The third kappa shape index (κ3) is 4.28. The first-order chi connectivity index (χ1) is 11.5. The summed E-state index contributed by atoms with van der Waals surface area (Å²) < 4.78 is 13.9. The van der Waals surface area contributed by atoms with Gasteiger partial charge in [0.05, 0.1) is 0 Å². The molecule has 0 spiro atoms. The summed E-state index contributed by atoms with van der Waals surface area (Å²) in [6.45, 7) is 6.34. The maximum absolute atomic E-state index is 13.9. The van der Waals surface area contributed by atoms with Gasteiger partial charge < -0.3 is 4.90 Å². The molecule has 0 bridgehead atoms. The molecule has 0 N–H and O–H groups in total. The fraction of sp³-hybridized carbons (Fsp3) is 0.632. The molecule has 1 aromatic carbocycles. The SMILES string of the molecule is CC1CCCN(C(=O)C2CCN(Cc3ccc(Cl)cc3F)CC2)C1. The van der Waals surface area contributed by atoms with E-state index in [9.17, 15) is 9.18 Å². The summed E-state index contributed by atoms with van der Waals surface area (Å²) >= 11 is 5.80. The van der Waals surface area contributed by atoms with Crippen molar-refractivity contribution in [1.29, 1.82) is 0 Å². The van der Waals surface area contributed by atoms with Crippen molar-refractivity contribution < 1.29 is 9.18 Å². The standard InChI is InChI=1S/C19H26ClFN2O/c1-14-3-2-8-23(12-14)19(24)15-6-9-22(10-7-15)13-16-4-5-17(20)11-18(16)21/h4-5,11,14-15H,2-3,6-10,12-13H2,1H3. The van der Waals surface area contributed by atoms with E-state index < -0.39 is 0 Å². The average Bonchev–Trinajstić information content (AvgIpc) is 2.57. The number of likely N-dealkylation sites (tertiary alicyclic amines) is 2. The van der Waals surface area contributed by atoms with Gasteiger partial charge in [0.1, 0.15) is 5.82 Å². The van der Waals surface area contributed by atoms with Crippen molar-refractivity contribution >= 4 is 17.5 Å². The van der Waals surface area contributed by atoms with Crippen molar-refractivity contribution in [1.82, 2.24) is 9.80 Å². The Labute approximate surface area is 148 Å². The van der Waals surface area contributed by atoms with E-state index in [1.165, 1.54) is 12.5 Å². The lowest BCUT2D eigenvalue weighted by atomic mass is 9.92. The lowest BCUT2D eigenvalue weighted by Crippen LogP contribution is -2.45. The molecule has 2 heterocycles. The maximum Gasteiger partial charge on any atom is 0.225 e. The van der Waals surface area contributed by atoms with Crippen LogP contribution in [0.1, 0.15) is 38.2 Å². The minimum atomic E-state index is -0.247. The van der Waals surface area contributed by atoms with Crippen LogP contribution >= 0.6 is 11.6 Å². The Balaban J connectivity index is 1.51. The van der Waals surface area contributed by atoms with Crippen LogP contribution in [0.25, 0.3) is 0 Å². The van der Waals surface area contributed by atoms with Gasteiger partial charge in [-0.25, -0.2) is 4.39 Å². The summed E-state index contributed by atoms with van der Waals surface area (Å²) in [7, 11) is 0. The van der Waals surface area contributed by atoms with Crippen molar-refractivity contribution in [2.45, 2.75) is 39.2 Å². The van der Waals surface area contributed by atoms with Crippen molar-refractivity contribution in [2.24, 2.45) is 11.8 Å². The van der Waals surface area contributed by atoms with E-state index in [4.69, 9.17) is 11.6 Å². The molecule has 1 atom stereocenters. The molecule has 1 amide bonds. The van der Waals surface area contributed by atoms with E-state index in [2.05, 4.69) is 16.7 Å². The highest BCUT2D eigenvalue weighted by molar-refractivity contribution is 6.30. The molecule has 132 valence electrons. The first-order valence-electron chi connectivity index (χ1n) is 8.98. The minimum Gasteiger partial charge on any atom is -0.342 e. The van der Waals surface area contributed by atoms with E-state index in [1.54, 1.807) is 12.1 Å². The van der Waals surface area contributed by atoms with Crippen LogP contribution < -0.4 is 0 Å². The number of carbonyl (C=O) groups is 1. The maximum atomic E-state index is 13.9. The Morgan fingerprint density at radius 3 is 2.67 bits per heavy atom. The fourth-order valence-corrected chi connectivity index (χ4v) is 4.04. The number of halogens is 2. The zero-order valence-corrected chi connectivity index (χ0v) is 15.1. The molecule has 3 rings (SSSR count). The quantitative estimate of drug-likeness (QED) is 0.822. The minimum absolute atomic E-state index is 0.140. The fourth-order valence-electron chi connectivity index (χ4n) is 3.88. The monoisotopic (exact) mass is 352 g/mol. The molecule has 5 heteroatoms. The number of hydrogen-bond acceptors (Lipinski definition) is 2.